The number of hydrogen-bond acceptors (Lipinski definition) is 1. The Balaban J connectivity index is 2.26. The smallest absolute Gasteiger partial charge is 0.178 e. The highest BCUT2D eigenvalue weighted by atomic mass is 35.5. The molecule has 1 aromatic carbocycles. The molecule has 0 radical (unpaired) electrons. The minimum Gasteiger partial charge on any atom is -0.330 e. The predicted octanol–water partition coefficient (Wildman–Crippen LogP) is 4.46. The first kappa shape index (κ1) is 11.2. The van der Waals surface area contributed by atoms with Crippen molar-refractivity contribution in [2.75, 3.05) is 0 Å². The van der Waals surface area contributed by atoms with Crippen molar-refractivity contribution < 1.29 is 4.39 Å². The zero-order valence-electron chi connectivity index (χ0n) is 9.34. The fourth-order valence-electron chi connectivity index (χ4n) is 2.31. The summed E-state index contributed by atoms with van der Waals surface area (Å²) in [6.07, 6.45) is 2.48. The number of nitrogens with zero attached hydrogens (tertiary/aromatic N) is 1. The summed E-state index contributed by atoms with van der Waals surface area (Å²) < 4.78 is 16.1. The first-order valence-electron chi connectivity index (χ1n) is 5.67. The summed E-state index contributed by atoms with van der Waals surface area (Å²) in [5.74, 6) is 0.270. The van der Waals surface area contributed by atoms with Crippen molar-refractivity contribution in [3.63, 3.8) is 0 Å². The SMILES string of the molecule is CC(C1CC1)n1c(=S)[nH]c2cc(F)c(Cl)cc21. The molecule has 0 saturated heterocycles. The van der Waals surface area contributed by atoms with Crippen LogP contribution in [0, 0.1) is 16.5 Å². The van der Waals surface area contributed by atoms with E-state index in [1.54, 1.807) is 6.07 Å². The van der Waals surface area contributed by atoms with Crippen LogP contribution in [0.5, 0.6) is 0 Å². The molecule has 1 unspecified atom stereocenters. The zero-order chi connectivity index (χ0) is 12.2. The van der Waals surface area contributed by atoms with E-state index in [0.717, 1.165) is 5.52 Å². The van der Waals surface area contributed by atoms with Gasteiger partial charge in [0, 0.05) is 12.1 Å². The van der Waals surface area contributed by atoms with Crippen molar-refractivity contribution in [1.29, 1.82) is 0 Å². The van der Waals surface area contributed by atoms with Crippen LogP contribution in [0.2, 0.25) is 5.02 Å². The van der Waals surface area contributed by atoms with E-state index in [1.807, 2.05) is 4.57 Å². The number of rotatable bonds is 2. The third-order valence-corrected chi connectivity index (χ3v) is 4.06. The molecule has 1 heterocycles. The van der Waals surface area contributed by atoms with E-state index in [2.05, 4.69) is 11.9 Å². The second-order valence-electron chi connectivity index (χ2n) is 4.66. The van der Waals surface area contributed by atoms with Crippen molar-refractivity contribution in [2.45, 2.75) is 25.8 Å². The summed E-state index contributed by atoms with van der Waals surface area (Å²) in [6, 6.07) is 3.40. The van der Waals surface area contributed by atoms with Crippen molar-refractivity contribution in [2.24, 2.45) is 5.92 Å². The van der Waals surface area contributed by atoms with Gasteiger partial charge in [-0.15, -0.1) is 0 Å². The Labute approximate surface area is 108 Å². The Bertz CT molecular complexity index is 642. The van der Waals surface area contributed by atoms with E-state index in [0.29, 0.717) is 22.2 Å². The summed E-state index contributed by atoms with van der Waals surface area (Å²) in [5, 5.41) is 0.142. The summed E-state index contributed by atoms with van der Waals surface area (Å²) in [7, 11) is 0. The van der Waals surface area contributed by atoms with Crippen molar-refractivity contribution in [3.05, 3.63) is 27.7 Å². The summed E-state index contributed by atoms with van der Waals surface area (Å²) >= 11 is 11.1. The average molecular weight is 271 g/mol. The number of fused-ring (bicyclic) bond motifs is 1. The molecule has 1 atom stereocenters. The zero-order valence-corrected chi connectivity index (χ0v) is 10.9. The van der Waals surface area contributed by atoms with Gasteiger partial charge < -0.3 is 9.55 Å². The molecule has 1 saturated carbocycles. The number of aromatic amines is 1. The average Bonchev–Trinajstić information content (AvgIpc) is 3.04. The van der Waals surface area contributed by atoms with Crippen LogP contribution in [0.3, 0.4) is 0 Å². The minimum absolute atomic E-state index is 0.142. The van der Waals surface area contributed by atoms with Crippen LogP contribution in [0.1, 0.15) is 25.8 Å². The van der Waals surface area contributed by atoms with Crippen LogP contribution >= 0.6 is 23.8 Å². The van der Waals surface area contributed by atoms with Crippen LogP contribution < -0.4 is 0 Å². The number of H-pyrrole nitrogens is 1. The van der Waals surface area contributed by atoms with E-state index in [9.17, 15) is 4.39 Å². The molecule has 2 nitrogen and oxygen atoms in total. The highest BCUT2D eigenvalue weighted by Gasteiger charge is 2.30. The molecule has 0 aliphatic heterocycles. The molecule has 0 spiro atoms. The lowest BCUT2D eigenvalue weighted by atomic mass is 10.2. The highest BCUT2D eigenvalue weighted by Crippen LogP contribution is 2.41. The molecule has 5 heteroatoms. The fraction of sp³-hybridized carbons (Fsp3) is 0.417. The Morgan fingerprint density at radius 2 is 2.24 bits per heavy atom. The molecule has 1 aliphatic carbocycles. The molecule has 1 N–H and O–H groups in total. The van der Waals surface area contributed by atoms with Gasteiger partial charge in [-0.25, -0.2) is 4.39 Å². The Morgan fingerprint density at radius 3 is 2.88 bits per heavy atom. The van der Waals surface area contributed by atoms with Crippen LogP contribution in [-0.2, 0) is 0 Å². The van der Waals surface area contributed by atoms with E-state index < -0.39 is 5.82 Å². The Kier molecular flexibility index (Phi) is 2.52. The third kappa shape index (κ3) is 1.79. The molecule has 0 amide bonds. The third-order valence-electron chi connectivity index (χ3n) is 3.47. The van der Waals surface area contributed by atoms with Gasteiger partial charge in [-0.1, -0.05) is 11.6 Å². The van der Waals surface area contributed by atoms with Gasteiger partial charge in [0.2, 0.25) is 0 Å². The number of hydrogen-bond donors (Lipinski definition) is 1. The van der Waals surface area contributed by atoms with Crippen molar-refractivity contribution in [1.82, 2.24) is 9.55 Å². The Morgan fingerprint density at radius 1 is 1.53 bits per heavy atom. The quantitative estimate of drug-likeness (QED) is 0.799. The number of imidazole rings is 1. The first-order valence-corrected chi connectivity index (χ1v) is 6.46. The summed E-state index contributed by atoms with van der Waals surface area (Å²) in [6.45, 7) is 2.15. The maximum atomic E-state index is 13.4. The van der Waals surface area contributed by atoms with Gasteiger partial charge in [-0.2, -0.15) is 0 Å². The fourth-order valence-corrected chi connectivity index (χ4v) is 2.85. The van der Waals surface area contributed by atoms with Crippen molar-refractivity contribution >= 4 is 34.9 Å². The maximum absolute atomic E-state index is 13.4. The van der Waals surface area contributed by atoms with Crippen LogP contribution in [0.4, 0.5) is 4.39 Å². The van der Waals surface area contributed by atoms with Crippen molar-refractivity contribution in [3.8, 4) is 0 Å². The van der Waals surface area contributed by atoms with Crippen LogP contribution in [0.25, 0.3) is 11.0 Å². The predicted molar refractivity (Wildman–Crippen MR) is 69.5 cm³/mol. The summed E-state index contributed by atoms with van der Waals surface area (Å²) in [4.78, 5) is 3.04. The van der Waals surface area contributed by atoms with Gasteiger partial charge in [-0.3, -0.25) is 0 Å². The Hall–Kier alpha value is -0.870. The van der Waals surface area contributed by atoms with Gasteiger partial charge >= 0.3 is 0 Å². The standard InChI is InChI=1S/C12H12ClFN2S/c1-6(7-2-3-7)16-11-4-8(13)9(14)5-10(11)15-12(16)17/h4-7H,2-3H2,1H3,(H,15,17). The number of aromatic nitrogens is 2. The molecule has 1 aliphatic rings. The molecule has 90 valence electrons. The molecule has 3 rings (SSSR count). The highest BCUT2D eigenvalue weighted by molar-refractivity contribution is 7.71. The minimum atomic E-state index is -0.415. The normalized spacial score (nSPS) is 17.6. The molecular formula is C12H12ClFN2S. The van der Waals surface area contributed by atoms with Gasteiger partial charge in [0.15, 0.2) is 4.77 Å². The van der Waals surface area contributed by atoms with E-state index in [4.69, 9.17) is 23.8 Å². The van der Waals surface area contributed by atoms with E-state index in [-0.39, 0.29) is 5.02 Å². The summed E-state index contributed by atoms with van der Waals surface area (Å²) in [5.41, 5.74) is 1.60. The monoisotopic (exact) mass is 270 g/mol. The molecule has 2 aromatic rings. The number of nitrogens with one attached hydrogen (secondary N) is 1. The molecule has 17 heavy (non-hydrogen) atoms. The van der Waals surface area contributed by atoms with Gasteiger partial charge in [0.25, 0.3) is 0 Å². The van der Waals surface area contributed by atoms with Gasteiger partial charge in [0.05, 0.1) is 16.1 Å². The lowest BCUT2D eigenvalue weighted by Gasteiger charge is -2.13. The maximum Gasteiger partial charge on any atom is 0.178 e. The van der Waals surface area contributed by atoms with Crippen LogP contribution in [0.15, 0.2) is 12.1 Å². The van der Waals surface area contributed by atoms with Gasteiger partial charge in [-0.05, 0) is 44.0 Å². The lowest BCUT2D eigenvalue weighted by Crippen LogP contribution is -2.06. The molecule has 0 bridgehead atoms. The van der Waals surface area contributed by atoms with E-state index >= 15 is 0 Å². The molecular weight excluding hydrogens is 259 g/mol. The van der Waals surface area contributed by atoms with Crippen LogP contribution in [-0.4, -0.2) is 9.55 Å². The number of halogens is 2. The number of benzene rings is 1. The second-order valence-corrected chi connectivity index (χ2v) is 5.46. The lowest BCUT2D eigenvalue weighted by molar-refractivity contribution is 0.492. The first-order chi connectivity index (χ1) is 8.08. The second kappa shape index (κ2) is 3.82. The molecule has 1 aromatic heterocycles. The largest absolute Gasteiger partial charge is 0.330 e. The van der Waals surface area contributed by atoms with E-state index in [1.165, 1.54) is 18.9 Å². The van der Waals surface area contributed by atoms with Gasteiger partial charge in [0.1, 0.15) is 5.82 Å². The molecule has 1 fully saturated rings. The topological polar surface area (TPSA) is 20.7 Å².